The summed E-state index contributed by atoms with van der Waals surface area (Å²) >= 11 is 0. The number of rotatable bonds is 9. The third-order valence-corrected chi connectivity index (χ3v) is 6.94. The van der Waals surface area contributed by atoms with Gasteiger partial charge < -0.3 is 20.7 Å². The number of para-hydroxylation sites is 1. The molecule has 3 aromatic rings. The maximum Gasteiger partial charge on any atom is 0.303 e. The number of carboxylic acids is 1. The normalized spacial score (nSPS) is 16.4. The number of allylic oxidation sites excluding steroid dienone is 2. The van der Waals surface area contributed by atoms with Crippen molar-refractivity contribution < 1.29 is 14.7 Å². The van der Waals surface area contributed by atoms with Crippen LogP contribution in [-0.4, -0.2) is 27.0 Å². The van der Waals surface area contributed by atoms with Crippen molar-refractivity contribution >= 4 is 34.6 Å². The minimum atomic E-state index is -0.719. The van der Waals surface area contributed by atoms with Gasteiger partial charge in [-0.3, -0.25) is 9.59 Å². The molecular weight excluding hydrogens is 452 g/mol. The fourth-order valence-electron chi connectivity index (χ4n) is 5.23. The summed E-state index contributed by atoms with van der Waals surface area (Å²) in [6, 6.07) is 14.1. The van der Waals surface area contributed by atoms with Crippen molar-refractivity contribution in [2.45, 2.75) is 58.3 Å². The number of H-pyrrole nitrogens is 1. The van der Waals surface area contributed by atoms with Gasteiger partial charge in [-0.1, -0.05) is 30.2 Å². The first-order chi connectivity index (χ1) is 17.5. The third kappa shape index (κ3) is 5.51. The van der Waals surface area contributed by atoms with E-state index < -0.39 is 5.97 Å². The van der Waals surface area contributed by atoms with Crippen LogP contribution in [0.1, 0.15) is 63.1 Å². The maximum atomic E-state index is 11.6. The Morgan fingerprint density at radius 1 is 1.11 bits per heavy atom. The summed E-state index contributed by atoms with van der Waals surface area (Å²) in [6.07, 6.45) is 8.91. The van der Waals surface area contributed by atoms with E-state index >= 15 is 0 Å². The first-order valence-corrected chi connectivity index (χ1v) is 12.7. The predicted octanol–water partition coefficient (Wildman–Crippen LogP) is 6.53. The lowest BCUT2D eigenvalue weighted by molar-refractivity contribution is -0.137. The summed E-state index contributed by atoms with van der Waals surface area (Å²) in [5.74, 6) is 0.149. The molecule has 2 aliphatic carbocycles. The number of carboxylic acid groups (broad SMARTS) is 1. The van der Waals surface area contributed by atoms with Crippen LogP contribution in [0.25, 0.3) is 16.8 Å². The second-order valence-corrected chi connectivity index (χ2v) is 9.83. The molecule has 1 amide bonds. The Hall–Kier alpha value is -3.87. The Balaban J connectivity index is 1.53. The number of carbonyl (C=O) groups excluding carboxylic acids is 1. The van der Waals surface area contributed by atoms with Crippen molar-refractivity contribution in [1.29, 1.82) is 0 Å². The zero-order valence-electron chi connectivity index (χ0n) is 20.6. The molecule has 7 nitrogen and oxygen atoms in total. The van der Waals surface area contributed by atoms with Crippen molar-refractivity contribution in [3.63, 3.8) is 0 Å². The summed E-state index contributed by atoms with van der Waals surface area (Å²) in [7, 11) is 0. The molecule has 36 heavy (non-hydrogen) atoms. The lowest BCUT2D eigenvalue weighted by atomic mass is 9.80. The van der Waals surface area contributed by atoms with E-state index in [1.54, 1.807) is 6.20 Å². The summed E-state index contributed by atoms with van der Waals surface area (Å²) < 4.78 is 0. The molecule has 1 saturated carbocycles. The zero-order valence-corrected chi connectivity index (χ0v) is 20.6. The number of amides is 1. The molecule has 2 aliphatic rings. The summed E-state index contributed by atoms with van der Waals surface area (Å²) in [6.45, 7) is 1.48. The fraction of sp³-hybridized carbons (Fsp3) is 0.345. The second-order valence-electron chi connectivity index (χ2n) is 9.83. The van der Waals surface area contributed by atoms with Gasteiger partial charge in [-0.15, -0.1) is 0 Å². The average Bonchev–Trinajstić information content (AvgIpc) is 3.64. The predicted molar refractivity (Wildman–Crippen MR) is 142 cm³/mol. The number of hydrogen-bond acceptors (Lipinski definition) is 4. The van der Waals surface area contributed by atoms with Crippen molar-refractivity contribution in [2.75, 3.05) is 10.6 Å². The smallest absolute Gasteiger partial charge is 0.303 e. The van der Waals surface area contributed by atoms with E-state index in [1.807, 2.05) is 30.3 Å². The SMILES string of the molecule is CC(=O)Nc1cc(-c2[nH]c3c(c2Nc2ccccc2)C(=C2CC2)CC(CCCCC(=O)O)C3)ccn1. The molecule has 1 fully saturated rings. The molecule has 0 saturated heterocycles. The minimum Gasteiger partial charge on any atom is -0.481 e. The van der Waals surface area contributed by atoms with Crippen LogP contribution in [0, 0.1) is 5.92 Å². The second kappa shape index (κ2) is 10.4. The van der Waals surface area contributed by atoms with E-state index in [9.17, 15) is 9.59 Å². The molecule has 1 atom stereocenters. The largest absolute Gasteiger partial charge is 0.481 e. The van der Waals surface area contributed by atoms with Crippen molar-refractivity contribution in [3.05, 3.63) is 65.5 Å². The molecule has 2 heterocycles. The summed E-state index contributed by atoms with van der Waals surface area (Å²) in [5, 5.41) is 15.5. The Morgan fingerprint density at radius 3 is 2.64 bits per heavy atom. The first-order valence-electron chi connectivity index (χ1n) is 12.7. The number of aromatic amines is 1. The van der Waals surface area contributed by atoms with E-state index in [4.69, 9.17) is 5.11 Å². The highest BCUT2D eigenvalue weighted by molar-refractivity contribution is 5.94. The molecule has 5 rings (SSSR count). The molecule has 186 valence electrons. The number of fused-ring (bicyclic) bond motifs is 1. The maximum absolute atomic E-state index is 11.6. The van der Waals surface area contributed by atoms with Gasteiger partial charge >= 0.3 is 5.97 Å². The lowest BCUT2D eigenvalue weighted by Gasteiger charge is -2.26. The van der Waals surface area contributed by atoms with Gasteiger partial charge in [-0.25, -0.2) is 4.98 Å². The highest BCUT2D eigenvalue weighted by Crippen LogP contribution is 2.50. The quantitative estimate of drug-likeness (QED) is 0.258. The van der Waals surface area contributed by atoms with Crippen LogP contribution in [-0.2, 0) is 16.0 Å². The van der Waals surface area contributed by atoms with Gasteiger partial charge in [0.05, 0.1) is 11.4 Å². The summed E-state index contributed by atoms with van der Waals surface area (Å²) in [4.78, 5) is 30.6. The van der Waals surface area contributed by atoms with Gasteiger partial charge in [0.1, 0.15) is 5.82 Å². The van der Waals surface area contributed by atoms with Gasteiger partial charge in [0.25, 0.3) is 0 Å². The van der Waals surface area contributed by atoms with Gasteiger partial charge in [-0.2, -0.15) is 0 Å². The number of hydrogen-bond donors (Lipinski definition) is 4. The number of aliphatic carboxylic acids is 1. The number of pyridine rings is 1. The Labute approximate surface area is 211 Å². The van der Waals surface area contributed by atoms with Crippen molar-refractivity contribution in [3.8, 4) is 11.3 Å². The van der Waals surface area contributed by atoms with Crippen LogP contribution in [0.3, 0.4) is 0 Å². The monoisotopic (exact) mass is 484 g/mol. The van der Waals surface area contributed by atoms with E-state index in [0.29, 0.717) is 11.7 Å². The molecule has 0 bridgehead atoms. The number of nitrogens with one attached hydrogen (secondary N) is 3. The molecule has 7 heteroatoms. The van der Waals surface area contributed by atoms with E-state index in [2.05, 4.69) is 32.7 Å². The highest BCUT2D eigenvalue weighted by Gasteiger charge is 2.33. The first kappa shape index (κ1) is 23.9. The Morgan fingerprint density at radius 2 is 1.92 bits per heavy atom. The fourth-order valence-corrected chi connectivity index (χ4v) is 5.23. The average molecular weight is 485 g/mol. The molecule has 0 radical (unpaired) electrons. The topological polar surface area (TPSA) is 107 Å². The van der Waals surface area contributed by atoms with Crippen LogP contribution < -0.4 is 10.6 Å². The van der Waals surface area contributed by atoms with E-state index in [-0.39, 0.29) is 12.3 Å². The van der Waals surface area contributed by atoms with Crippen LogP contribution >= 0.6 is 0 Å². The highest BCUT2D eigenvalue weighted by atomic mass is 16.4. The number of carbonyl (C=O) groups is 2. The van der Waals surface area contributed by atoms with E-state index in [1.165, 1.54) is 29.3 Å². The molecule has 0 aliphatic heterocycles. The zero-order chi connectivity index (χ0) is 25.1. The number of aromatic nitrogens is 2. The molecule has 0 spiro atoms. The van der Waals surface area contributed by atoms with Crippen LogP contribution in [0.4, 0.5) is 17.2 Å². The lowest BCUT2D eigenvalue weighted by Crippen LogP contribution is -2.14. The number of anilines is 3. The molecule has 4 N–H and O–H groups in total. The molecule has 2 aromatic heterocycles. The summed E-state index contributed by atoms with van der Waals surface area (Å²) in [5.41, 5.74) is 9.51. The van der Waals surface area contributed by atoms with Gasteiger partial charge in [0, 0.05) is 42.0 Å². The number of unbranched alkanes of at least 4 members (excludes halogenated alkanes) is 1. The van der Waals surface area contributed by atoms with Crippen molar-refractivity contribution in [2.24, 2.45) is 5.92 Å². The van der Waals surface area contributed by atoms with Crippen LogP contribution in [0.2, 0.25) is 0 Å². The number of nitrogens with zero attached hydrogens (tertiary/aromatic N) is 1. The minimum absolute atomic E-state index is 0.153. The molecule has 1 aromatic carbocycles. The molecular formula is C29H32N4O3. The Bertz CT molecular complexity index is 1300. The van der Waals surface area contributed by atoms with E-state index in [0.717, 1.165) is 67.6 Å². The number of benzene rings is 1. The van der Waals surface area contributed by atoms with Gasteiger partial charge in [0.2, 0.25) is 5.91 Å². The molecule has 1 unspecified atom stereocenters. The standard InChI is InChI=1S/C29H32N4O3/c1-18(34)31-25-17-21(13-14-30-25)28-29(32-22-8-3-2-4-9-22)27-23(20-11-12-20)15-19(16-24(27)33-28)7-5-6-10-26(35)36/h2-4,8-9,13-14,17,19,32-33H,5-7,10-12,15-16H2,1H3,(H,35,36)(H,30,31,34). The third-order valence-electron chi connectivity index (χ3n) is 6.94. The van der Waals surface area contributed by atoms with Crippen LogP contribution in [0.15, 0.2) is 54.2 Å². The Kier molecular flexibility index (Phi) is 6.89. The van der Waals surface area contributed by atoms with Crippen LogP contribution in [0.5, 0.6) is 0 Å². The van der Waals surface area contributed by atoms with Gasteiger partial charge in [0.15, 0.2) is 0 Å². The van der Waals surface area contributed by atoms with Gasteiger partial charge in [-0.05, 0) is 74.3 Å². The van der Waals surface area contributed by atoms with Crippen molar-refractivity contribution in [1.82, 2.24) is 9.97 Å².